The van der Waals surface area contributed by atoms with Gasteiger partial charge in [-0.1, -0.05) is 87.5 Å². The second-order valence-electron chi connectivity index (χ2n) is 8.58. The van der Waals surface area contributed by atoms with E-state index in [0.29, 0.717) is 5.19 Å². The lowest BCUT2D eigenvalue weighted by Gasteiger charge is -2.45. The first-order valence-electron chi connectivity index (χ1n) is 10.1. The maximum atomic E-state index is 13.3. The summed E-state index contributed by atoms with van der Waals surface area (Å²) in [5, 5.41) is 1.72. The maximum Gasteiger partial charge on any atom is 0.534 e. The molecule has 0 N–H and O–H groups in total. The van der Waals surface area contributed by atoms with Crippen molar-refractivity contribution in [3.63, 3.8) is 0 Å². The minimum Gasteiger partial charge on any atom is -0.497 e. The Morgan fingerprint density at radius 3 is 1.67 bits per heavy atom. The molecule has 0 atom stereocenters. The highest BCUT2D eigenvalue weighted by atomic mass is 32.2. The van der Waals surface area contributed by atoms with Crippen LogP contribution >= 0.6 is 0 Å². The number of alkyl halides is 3. The molecule has 0 spiro atoms. The molecule has 33 heavy (non-hydrogen) atoms. The zero-order valence-electron chi connectivity index (χ0n) is 18.7. The Balaban J connectivity index is 2.46. The molecule has 3 aromatic rings. The fourth-order valence-electron chi connectivity index (χ4n) is 4.30. The summed E-state index contributed by atoms with van der Waals surface area (Å²) in [6, 6.07) is 23.3. The molecule has 0 aliphatic heterocycles. The Labute approximate surface area is 193 Å². The molecular weight excluding hydrogens is 469 g/mol. The van der Waals surface area contributed by atoms with Crippen LogP contribution < -0.4 is 24.5 Å². The van der Waals surface area contributed by atoms with Crippen molar-refractivity contribution in [3.8, 4) is 11.5 Å². The van der Waals surface area contributed by atoms with E-state index in [4.69, 9.17) is 8.92 Å². The zero-order chi connectivity index (χ0) is 24.5. The van der Waals surface area contributed by atoms with E-state index < -0.39 is 28.7 Å². The molecule has 0 amide bonds. The first kappa shape index (κ1) is 24.9. The van der Waals surface area contributed by atoms with Gasteiger partial charge in [-0.3, -0.25) is 0 Å². The predicted molar refractivity (Wildman–Crippen MR) is 126 cm³/mol. The molecule has 9 heteroatoms. The minimum absolute atomic E-state index is 0.184. The topological polar surface area (TPSA) is 52.6 Å². The molecule has 0 unspecified atom stereocenters. The highest BCUT2D eigenvalue weighted by molar-refractivity contribution is 7.88. The highest BCUT2D eigenvalue weighted by Gasteiger charge is 2.53. The van der Waals surface area contributed by atoms with Gasteiger partial charge in [0.2, 0.25) is 0 Å². The van der Waals surface area contributed by atoms with E-state index in [-0.39, 0.29) is 11.5 Å². The summed E-state index contributed by atoms with van der Waals surface area (Å²) in [7, 11) is -7.73. The van der Waals surface area contributed by atoms with Crippen molar-refractivity contribution < 1.29 is 30.5 Å². The van der Waals surface area contributed by atoms with Crippen LogP contribution in [0.2, 0.25) is 5.04 Å². The lowest BCUT2D eigenvalue weighted by atomic mass is 10.2. The maximum absolute atomic E-state index is 13.3. The number of halogens is 3. The van der Waals surface area contributed by atoms with Gasteiger partial charge in [0.25, 0.3) is 0 Å². The van der Waals surface area contributed by atoms with Crippen molar-refractivity contribution in [2.24, 2.45) is 0 Å². The van der Waals surface area contributed by atoms with Crippen LogP contribution in [0.3, 0.4) is 0 Å². The number of benzene rings is 3. The Bertz CT molecular complexity index is 1170. The fraction of sp³-hybridized carbons (Fsp3) is 0.250. The van der Waals surface area contributed by atoms with E-state index >= 15 is 0 Å². The number of rotatable bonds is 6. The molecule has 0 heterocycles. The normalized spacial score (nSPS) is 12.9. The third-order valence-electron chi connectivity index (χ3n) is 5.61. The van der Waals surface area contributed by atoms with Crippen molar-refractivity contribution in [2.75, 3.05) is 7.11 Å². The summed E-state index contributed by atoms with van der Waals surface area (Å²) in [6.45, 7) is 6.02. The predicted octanol–water partition coefficient (Wildman–Crippen LogP) is 4.19. The molecule has 3 aromatic carbocycles. The molecule has 0 saturated carbocycles. The monoisotopic (exact) mass is 494 g/mol. The second kappa shape index (κ2) is 8.87. The third-order valence-corrected chi connectivity index (χ3v) is 12.5. The molecule has 0 aromatic heterocycles. The molecule has 0 bridgehead atoms. The second-order valence-corrected chi connectivity index (χ2v) is 14.8. The van der Waals surface area contributed by atoms with Crippen molar-refractivity contribution in [1.29, 1.82) is 0 Å². The van der Waals surface area contributed by atoms with Gasteiger partial charge in [0.1, 0.15) is 11.5 Å². The molecule has 4 nitrogen and oxygen atoms in total. The Kier molecular flexibility index (Phi) is 6.68. The van der Waals surface area contributed by atoms with E-state index in [1.165, 1.54) is 13.2 Å². The summed E-state index contributed by atoms with van der Waals surface area (Å²) in [5.74, 6) is -0.204. The van der Waals surface area contributed by atoms with Crippen LogP contribution in [0.25, 0.3) is 0 Å². The minimum atomic E-state index is -5.90. The van der Waals surface area contributed by atoms with Crippen LogP contribution in [0, 0.1) is 0 Å². The van der Waals surface area contributed by atoms with Crippen LogP contribution in [0.4, 0.5) is 13.2 Å². The zero-order valence-corrected chi connectivity index (χ0v) is 20.5. The number of ether oxygens (including phenoxy) is 1. The van der Waals surface area contributed by atoms with Crippen molar-refractivity contribution in [1.82, 2.24) is 0 Å². The van der Waals surface area contributed by atoms with Gasteiger partial charge in [0.05, 0.1) is 7.11 Å². The third kappa shape index (κ3) is 4.52. The lowest BCUT2D eigenvalue weighted by molar-refractivity contribution is -0.0499. The highest BCUT2D eigenvalue weighted by Crippen LogP contribution is 2.39. The molecule has 176 valence electrons. The number of hydrogen-bond acceptors (Lipinski definition) is 4. The lowest BCUT2D eigenvalue weighted by Crippen LogP contribution is -2.72. The summed E-state index contributed by atoms with van der Waals surface area (Å²) < 4.78 is 73.9. The van der Waals surface area contributed by atoms with Crippen LogP contribution in [0.1, 0.15) is 20.8 Å². The van der Waals surface area contributed by atoms with Gasteiger partial charge in [-0.05, 0) is 26.7 Å². The summed E-state index contributed by atoms with van der Waals surface area (Å²) >= 11 is 0. The number of methoxy groups -OCH3 is 1. The van der Waals surface area contributed by atoms with E-state index in [1.807, 2.05) is 81.4 Å². The van der Waals surface area contributed by atoms with Gasteiger partial charge in [0.15, 0.2) is 8.07 Å². The molecular formula is C24H25F3O4SSi. The standard InChI is InChI=1S/C24H25F3O4SSi/c1-23(2,3)33(19-11-7-5-8-12-19,20-13-9-6-10-14-20)22-16-15-18(30-4)17-21(22)31-32(28,29)24(25,26)27/h5-17H,1-4H3. The van der Waals surface area contributed by atoms with Gasteiger partial charge >= 0.3 is 15.6 Å². The Hall–Kier alpha value is -2.78. The molecule has 3 rings (SSSR count). The van der Waals surface area contributed by atoms with E-state index in [0.717, 1.165) is 10.4 Å². The van der Waals surface area contributed by atoms with Gasteiger partial charge in [-0.2, -0.15) is 21.6 Å². The average molecular weight is 495 g/mol. The van der Waals surface area contributed by atoms with Crippen LogP contribution in [0.5, 0.6) is 11.5 Å². The van der Waals surface area contributed by atoms with Crippen molar-refractivity contribution in [3.05, 3.63) is 78.9 Å². The van der Waals surface area contributed by atoms with Gasteiger partial charge in [0, 0.05) is 6.07 Å². The Morgan fingerprint density at radius 1 is 0.788 bits per heavy atom. The first-order valence-corrected chi connectivity index (χ1v) is 13.6. The quantitative estimate of drug-likeness (QED) is 0.223. The molecule has 0 saturated heterocycles. The molecule has 0 radical (unpaired) electrons. The van der Waals surface area contributed by atoms with Gasteiger partial charge in [-0.25, -0.2) is 0 Å². The van der Waals surface area contributed by atoms with Gasteiger partial charge < -0.3 is 8.92 Å². The SMILES string of the molecule is COc1ccc([Si](c2ccccc2)(c2ccccc2)C(C)(C)C)c(OS(=O)(=O)C(F)(F)F)c1. The van der Waals surface area contributed by atoms with Gasteiger partial charge in [-0.15, -0.1) is 0 Å². The largest absolute Gasteiger partial charge is 0.534 e. The Morgan fingerprint density at radius 2 is 1.27 bits per heavy atom. The van der Waals surface area contributed by atoms with E-state index in [9.17, 15) is 21.6 Å². The molecule has 0 aliphatic rings. The average Bonchev–Trinajstić information content (AvgIpc) is 2.74. The smallest absolute Gasteiger partial charge is 0.497 e. The van der Waals surface area contributed by atoms with Crippen LogP contribution in [-0.2, 0) is 10.1 Å². The number of hydrogen-bond donors (Lipinski definition) is 0. The van der Waals surface area contributed by atoms with Crippen molar-refractivity contribution >= 4 is 33.8 Å². The van der Waals surface area contributed by atoms with E-state index in [2.05, 4.69) is 0 Å². The van der Waals surface area contributed by atoms with Crippen LogP contribution in [0.15, 0.2) is 78.9 Å². The fourth-order valence-corrected chi connectivity index (χ4v) is 10.5. The summed E-state index contributed by atoms with van der Waals surface area (Å²) in [5.41, 5.74) is -5.57. The molecule has 0 fully saturated rings. The van der Waals surface area contributed by atoms with Crippen molar-refractivity contribution in [2.45, 2.75) is 31.3 Å². The summed E-state index contributed by atoms with van der Waals surface area (Å²) in [6.07, 6.45) is 0. The van der Waals surface area contributed by atoms with Crippen LogP contribution in [-0.4, -0.2) is 29.1 Å². The molecule has 0 aliphatic carbocycles. The summed E-state index contributed by atoms with van der Waals surface area (Å²) in [4.78, 5) is 0. The first-order chi connectivity index (χ1) is 15.3. The van der Waals surface area contributed by atoms with E-state index in [1.54, 1.807) is 12.1 Å².